The summed E-state index contributed by atoms with van der Waals surface area (Å²) >= 11 is 0. The molecule has 1 aliphatic rings. The lowest BCUT2D eigenvalue weighted by Crippen LogP contribution is -2.37. The average Bonchev–Trinajstić information content (AvgIpc) is 2.81. The van der Waals surface area contributed by atoms with E-state index in [-0.39, 0.29) is 0 Å². The van der Waals surface area contributed by atoms with Crippen LogP contribution in [0.15, 0.2) is 18.2 Å². The van der Waals surface area contributed by atoms with Crippen molar-refractivity contribution in [3.05, 3.63) is 34.9 Å². The van der Waals surface area contributed by atoms with E-state index >= 15 is 0 Å². The molecule has 1 atom stereocenters. The molecule has 2 nitrogen and oxygen atoms in total. The highest BCUT2D eigenvalue weighted by Gasteiger charge is 2.25. The van der Waals surface area contributed by atoms with Gasteiger partial charge < -0.3 is 5.73 Å². The molecule has 0 radical (unpaired) electrons. The van der Waals surface area contributed by atoms with E-state index in [1.54, 1.807) is 0 Å². The van der Waals surface area contributed by atoms with Crippen LogP contribution in [-0.2, 0) is 19.4 Å². The van der Waals surface area contributed by atoms with Crippen LogP contribution < -0.4 is 5.73 Å². The molecule has 18 heavy (non-hydrogen) atoms. The second-order valence-corrected chi connectivity index (χ2v) is 5.41. The maximum absolute atomic E-state index is 5.72. The molecular weight excluding hydrogens is 220 g/mol. The van der Waals surface area contributed by atoms with Gasteiger partial charge in [0, 0.05) is 12.6 Å². The number of hydrogen-bond donors (Lipinski definition) is 1. The zero-order valence-corrected chi connectivity index (χ0v) is 11.8. The van der Waals surface area contributed by atoms with Crippen LogP contribution in [-0.4, -0.2) is 24.0 Å². The molecule has 1 aromatic carbocycles. The van der Waals surface area contributed by atoms with Gasteiger partial charge in [0.05, 0.1) is 0 Å². The molecule has 0 fully saturated rings. The van der Waals surface area contributed by atoms with Crippen LogP contribution in [0.25, 0.3) is 0 Å². The van der Waals surface area contributed by atoms with Crippen molar-refractivity contribution in [2.75, 3.05) is 13.1 Å². The van der Waals surface area contributed by atoms with Gasteiger partial charge in [0.25, 0.3) is 0 Å². The summed E-state index contributed by atoms with van der Waals surface area (Å²) in [6.07, 6.45) is 4.94. The Morgan fingerprint density at radius 1 is 1.11 bits per heavy atom. The van der Waals surface area contributed by atoms with E-state index in [1.165, 1.54) is 55.5 Å². The molecule has 1 unspecified atom stereocenters. The summed E-state index contributed by atoms with van der Waals surface area (Å²) in [5, 5.41) is 0. The normalized spacial score (nSPS) is 18.3. The molecule has 100 valence electrons. The molecule has 0 amide bonds. The van der Waals surface area contributed by atoms with Gasteiger partial charge in [-0.25, -0.2) is 0 Å². The largest absolute Gasteiger partial charge is 0.326 e. The van der Waals surface area contributed by atoms with Gasteiger partial charge in [-0.2, -0.15) is 0 Å². The van der Waals surface area contributed by atoms with E-state index < -0.39 is 0 Å². The predicted octanol–water partition coefficient (Wildman–Crippen LogP) is 2.73. The number of hydrogen-bond acceptors (Lipinski definition) is 2. The highest BCUT2D eigenvalue weighted by Crippen LogP contribution is 2.26. The van der Waals surface area contributed by atoms with Crippen molar-refractivity contribution in [2.24, 2.45) is 5.73 Å². The minimum absolute atomic E-state index is 0.658. The lowest BCUT2D eigenvalue weighted by Gasteiger charge is -2.27. The second kappa shape index (κ2) is 6.35. The van der Waals surface area contributed by atoms with Crippen molar-refractivity contribution < 1.29 is 0 Å². The lowest BCUT2D eigenvalue weighted by molar-refractivity contribution is 0.202. The Labute approximate surface area is 111 Å². The van der Waals surface area contributed by atoms with Crippen LogP contribution in [0.2, 0.25) is 0 Å². The predicted molar refractivity (Wildman–Crippen MR) is 77.7 cm³/mol. The molecule has 0 saturated heterocycles. The van der Waals surface area contributed by atoms with Crippen LogP contribution in [0.5, 0.6) is 0 Å². The summed E-state index contributed by atoms with van der Waals surface area (Å²) in [7, 11) is 0. The first-order chi connectivity index (χ1) is 8.78. The molecule has 0 spiro atoms. The van der Waals surface area contributed by atoms with Gasteiger partial charge >= 0.3 is 0 Å². The molecule has 0 aromatic heterocycles. The topological polar surface area (TPSA) is 29.3 Å². The molecular formula is C16H26N2. The Kier molecular flexibility index (Phi) is 4.79. The van der Waals surface area contributed by atoms with Gasteiger partial charge in [-0.15, -0.1) is 0 Å². The highest BCUT2D eigenvalue weighted by molar-refractivity contribution is 5.37. The monoisotopic (exact) mass is 246 g/mol. The molecule has 0 aliphatic heterocycles. The van der Waals surface area contributed by atoms with Gasteiger partial charge in [0.15, 0.2) is 0 Å². The third kappa shape index (κ3) is 2.93. The lowest BCUT2D eigenvalue weighted by atomic mass is 10.1. The van der Waals surface area contributed by atoms with Gasteiger partial charge in [-0.1, -0.05) is 32.0 Å². The Hall–Kier alpha value is -0.860. The molecule has 1 aromatic rings. The second-order valence-electron chi connectivity index (χ2n) is 5.41. The molecule has 0 heterocycles. The van der Waals surface area contributed by atoms with Crippen LogP contribution in [0.4, 0.5) is 0 Å². The summed E-state index contributed by atoms with van der Waals surface area (Å²) in [6.45, 7) is 7.67. The Balaban J connectivity index is 2.07. The summed E-state index contributed by atoms with van der Waals surface area (Å²) in [5.41, 5.74) is 10.1. The van der Waals surface area contributed by atoms with E-state index in [4.69, 9.17) is 5.73 Å². The zero-order valence-electron chi connectivity index (χ0n) is 11.8. The maximum atomic E-state index is 5.72. The van der Waals surface area contributed by atoms with E-state index in [9.17, 15) is 0 Å². The molecule has 0 bridgehead atoms. The van der Waals surface area contributed by atoms with Crippen molar-refractivity contribution >= 4 is 0 Å². The number of benzene rings is 1. The summed E-state index contributed by atoms with van der Waals surface area (Å²) in [5.74, 6) is 0. The van der Waals surface area contributed by atoms with Gasteiger partial charge in [0.2, 0.25) is 0 Å². The minimum atomic E-state index is 0.658. The number of rotatable bonds is 6. The Morgan fingerprint density at radius 2 is 1.78 bits per heavy atom. The SMILES string of the molecule is CCCN(CCC)C1Cc2ccc(CN)cc2C1. The standard InChI is InChI=1S/C16H26N2/c1-3-7-18(8-4-2)16-10-14-6-5-13(12-17)9-15(14)11-16/h5-6,9,16H,3-4,7-8,10-12,17H2,1-2H3. The van der Waals surface area contributed by atoms with Gasteiger partial charge in [-0.05, 0) is 55.5 Å². The Morgan fingerprint density at radius 3 is 2.39 bits per heavy atom. The molecule has 1 aliphatic carbocycles. The first-order valence-electron chi connectivity index (χ1n) is 7.33. The number of nitrogens with two attached hydrogens (primary N) is 1. The van der Waals surface area contributed by atoms with Crippen LogP contribution >= 0.6 is 0 Å². The first kappa shape index (κ1) is 13.6. The van der Waals surface area contributed by atoms with E-state index in [0.29, 0.717) is 12.6 Å². The van der Waals surface area contributed by atoms with E-state index in [0.717, 1.165) is 0 Å². The molecule has 2 rings (SSSR count). The Bertz CT molecular complexity index is 381. The van der Waals surface area contributed by atoms with Crippen LogP contribution in [0.1, 0.15) is 43.4 Å². The third-order valence-corrected chi connectivity index (χ3v) is 3.96. The third-order valence-electron chi connectivity index (χ3n) is 3.96. The van der Waals surface area contributed by atoms with Crippen molar-refractivity contribution in [3.63, 3.8) is 0 Å². The average molecular weight is 246 g/mol. The van der Waals surface area contributed by atoms with Gasteiger partial charge in [-0.3, -0.25) is 4.90 Å². The van der Waals surface area contributed by atoms with Crippen molar-refractivity contribution in [3.8, 4) is 0 Å². The van der Waals surface area contributed by atoms with E-state index in [2.05, 4.69) is 36.9 Å². The van der Waals surface area contributed by atoms with Crippen LogP contribution in [0, 0.1) is 0 Å². The van der Waals surface area contributed by atoms with E-state index in [1.807, 2.05) is 0 Å². The maximum Gasteiger partial charge on any atom is 0.0178 e. The first-order valence-corrected chi connectivity index (χ1v) is 7.33. The molecule has 0 saturated carbocycles. The highest BCUT2D eigenvalue weighted by atomic mass is 15.1. The van der Waals surface area contributed by atoms with Crippen molar-refractivity contribution in [2.45, 2.75) is 52.1 Å². The summed E-state index contributed by atoms with van der Waals surface area (Å²) in [4.78, 5) is 2.67. The minimum Gasteiger partial charge on any atom is -0.326 e. The number of nitrogens with zero attached hydrogens (tertiary/aromatic N) is 1. The fourth-order valence-electron chi connectivity index (χ4n) is 3.08. The molecule has 2 N–H and O–H groups in total. The van der Waals surface area contributed by atoms with Gasteiger partial charge in [0.1, 0.15) is 0 Å². The zero-order chi connectivity index (χ0) is 13.0. The fraction of sp³-hybridized carbons (Fsp3) is 0.625. The van der Waals surface area contributed by atoms with Crippen LogP contribution in [0.3, 0.4) is 0 Å². The number of fused-ring (bicyclic) bond motifs is 1. The summed E-state index contributed by atoms with van der Waals surface area (Å²) < 4.78 is 0. The quantitative estimate of drug-likeness (QED) is 0.836. The molecule has 2 heteroatoms. The van der Waals surface area contributed by atoms with Crippen molar-refractivity contribution in [1.29, 1.82) is 0 Å². The van der Waals surface area contributed by atoms with Crippen molar-refractivity contribution in [1.82, 2.24) is 4.90 Å². The smallest absolute Gasteiger partial charge is 0.0178 e. The summed E-state index contributed by atoms with van der Waals surface area (Å²) in [6, 6.07) is 7.50. The fourth-order valence-corrected chi connectivity index (χ4v) is 3.08.